The number of nitrogens with zero attached hydrogens (tertiary/aromatic N) is 1. The third kappa shape index (κ3) is 2.62. The summed E-state index contributed by atoms with van der Waals surface area (Å²) >= 11 is 0. The van der Waals surface area contributed by atoms with Gasteiger partial charge >= 0.3 is 0 Å². The molecule has 0 unspecified atom stereocenters. The van der Waals surface area contributed by atoms with E-state index in [1.807, 2.05) is 32.2 Å². The number of aromatic nitrogens is 1. The van der Waals surface area contributed by atoms with Crippen molar-refractivity contribution < 1.29 is 5.11 Å². The minimum atomic E-state index is -0.0387. The zero-order valence-corrected chi connectivity index (χ0v) is 7.62. The van der Waals surface area contributed by atoms with Gasteiger partial charge < -0.3 is 5.11 Å². The smallest absolute Gasteiger partial charge is 0.0485 e. The van der Waals surface area contributed by atoms with Crippen LogP contribution in [0, 0.1) is 5.41 Å². The van der Waals surface area contributed by atoms with Crippen molar-refractivity contribution in [1.29, 1.82) is 0 Å². The van der Waals surface area contributed by atoms with Crippen molar-refractivity contribution in [2.75, 3.05) is 6.61 Å². The van der Waals surface area contributed by atoms with Crippen molar-refractivity contribution in [1.82, 2.24) is 4.98 Å². The SMILES string of the molecule is CC(C)(CO)Cc1cccnc1. The van der Waals surface area contributed by atoms with Crippen LogP contribution in [0.5, 0.6) is 0 Å². The van der Waals surface area contributed by atoms with Gasteiger partial charge in [-0.3, -0.25) is 4.98 Å². The Kier molecular flexibility index (Phi) is 2.82. The Morgan fingerprint density at radius 1 is 1.50 bits per heavy atom. The highest BCUT2D eigenvalue weighted by molar-refractivity contribution is 5.10. The lowest BCUT2D eigenvalue weighted by Crippen LogP contribution is -2.19. The molecule has 0 spiro atoms. The molecule has 1 N–H and O–H groups in total. The van der Waals surface area contributed by atoms with Crippen molar-refractivity contribution in [3.8, 4) is 0 Å². The van der Waals surface area contributed by atoms with Crippen molar-refractivity contribution in [2.45, 2.75) is 20.3 Å². The molecule has 0 aliphatic rings. The normalized spacial score (nSPS) is 11.6. The summed E-state index contributed by atoms with van der Waals surface area (Å²) in [6.07, 6.45) is 4.48. The molecule has 1 rings (SSSR count). The van der Waals surface area contributed by atoms with Crippen LogP contribution in [-0.2, 0) is 6.42 Å². The summed E-state index contributed by atoms with van der Waals surface area (Å²) < 4.78 is 0. The number of aliphatic hydroxyl groups excluding tert-OH is 1. The number of hydrogen-bond acceptors (Lipinski definition) is 2. The average Bonchev–Trinajstić information content (AvgIpc) is 2.06. The van der Waals surface area contributed by atoms with Crippen LogP contribution in [0.2, 0.25) is 0 Å². The van der Waals surface area contributed by atoms with Crippen molar-refractivity contribution in [3.05, 3.63) is 30.1 Å². The lowest BCUT2D eigenvalue weighted by atomic mass is 9.87. The molecule has 0 saturated heterocycles. The molecule has 0 aliphatic heterocycles. The van der Waals surface area contributed by atoms with E-state index < -0.39 is 0 Å². The second-order valence-corrected chi connectivity index (χ2v) is 3.86. The number of aliphatic hydroxyl groups is 1. The van der Waals surface area contributed by atoms with Gasteiger partial charge in [-0.2, -0.15) is 0 Å². The van der Waals surface area contributed by atoms with E-state index in [4.69, 9.17) is 5.11 Å². The Labute approximate surface area is 73.3 Å². The van der Waals surface area contributed by atoms with Crippen LogP contribution in [0.3, 0.4) is 0 Å². The number of rotatable bonds is 3. The molecule has 0 bridgehead atoms. The van der Waals surface area contributed by atoms with Crippen LogP contribution in [-0.4, -0.2) is 16.7 Å². The van der Waals surface area contributed by atoms with Crippen LogP contribution in [0.15, 0.2) is 24.5 Å². The van der Waals surface area contributed by atoms with Crippen LogP contribution in [0.4, 0.5) is 0 Å². The Bertz CT molecular complexity index is 231. The molecule has 0 atom stereocenters. The first kappa shape index (κ1) is 9.20. The van der Waals surface area contributed by atoms with Gasteiger partial charge in [-0.25, -0.2) is 0 Å². The van der Waals surface area contributed by atoms with Crippen molar-refractivity contribution >= 4 is 0 Å². The molecule has 1 aromatic heterocycles. The van der Waals surface area contributed by atoms with Crippen molar-refractivity contribution in [2.24, 2.45) is 5.41 Å². The summed E-state index contributed by atoms with van der Waals surface area (Å²) in [7, 11) is 0. The fraction of sp³-hybridized carbons (Fsp3) is 0.500. The predicted octanol–water partition coefficient (Wildman–Crippen LogP) is 1.64. The molecule has 2 nitrogen and oxygen atoms in total. The van der Waals surface area contributed by atoms with Gasteiger partial charge in [-0.1, -0.05) is 19.9 Å². The summed E-state index contributed by atoms with van der Waals surface area (Å²) in [5.74, 6) is 0. The largest absolute Gasteiger partial charge is 0.396 e. The average molecular weight is 165 g/mol. The van der Waals surface area contributed by atoms with Crippen LogP contribution < -0.4 is 0 Å². The van der Waals surface area contributed by atoms with Gasteiger partial charge in [0, 0.05) is 19.0 Å². The zero-order valence-electron chi connectivity index (χ0n) is 7.62. The fourth-order valence-corrected chi connectivity index (χ4v) is 1.11. The van der Waals surface area contributed by atoms with Crippen molar-refractivity contribution in [3.63, 3.8) is 0 Å². The Morgan fingerprint density at radius 2 is 2.25 bits per heavy atom. The molecule has 0 radical (unpaired) electrons. The minimum absolute atomic E-state index is 0.0387. The predicted molar refractivity (Wildman–Crippen MR) is 48.8 cm³/mol. The van der Waals surface area contributed by atoms with E-state index in [0.29, 0.717) is 0 Å². The van der Waals surface area contributed by atoms with E-state index in [1.54, 1.807) is 6.20 Å². The molecule has 0 fully saturated rings. The van der Waals surface area contributed by atoms with E-state index >= 15 is 0 Å². The second kappa shape index (κ2) is 3.68. The van der Waals surface area contributed by atoms with E-state index in [9.17, 15) is 0 Å². The van der Waals surface area contributed by atoms with E-state index in [2.05, 4.69) is 4.98 Å². The maximum Gasteiger partial charge on any atom is 0.0485 e. The Balaban J connectivity index is 2.64. The van der Waals surface area contributed by atoms with Crippen LogP contribution in [0.1, 0.15) is 19.4 Å². The fourth-order valence-electron chi connectivity index (χ4n) is 1.11. The van der Waals surface area contributed by atoms with Gasteiger partial charge in [0.1, 0.15) is 0 Å². The highest BCUT2D eigenvalue weighted by atomic mass is 16.3. The molecule has 1 aromatic rings. The van der Waals surface area contributed by atoms with E-state index in [1.165, 1.54) is 5.56 Å². The van der Waals surface area contributed by atoms with Gasteiger partial charge in [0.15, 0.2) is 0 Å². The first-order valence-corrected chi connectivity index (χ1v) is 4.14. The summed E-state index contributed by atoms with van der Waals surface area (Å²) in [5.41, 5.74) is 1.14. The van der Waals surface area contributed by atoms with Crippen LogP contribution >= 0.6 is 0 Å². The molecule has 0 aromatic carbocycles. The number of hydrogen-bond donors (Lipinski definition) is 1. The summed E-state index contributed by atoms with van der Waals surface area (Å²) in [4.78, 5) is 4.02. The third-order valence-electron chi connectivity index (χ3n) is 1.83. The summed E-state index contributed by atoms with van der Waals surface area (Å²) in [6, 6.07) is 3.95. The molecule has 66 valence electrons. The molecule has 2 heteroatoms. The molecule has 0 aliphatic carbocycles. The maximum atomic E-state index is 9.03. The quantitative estimate of drug-likeness (QED) is 0.738. The standard InChI is InChI=1S/C10H15NO/c1-10(2,8-12)6-9-4-3-5-11-7-9/h3-5,7,12H,6,8H2,1-2H3. The van der Waals surface area contributed by atoms with Gasteiger partial charge in [-0.15, -0.1) is 0 Å². The highest BCUT2D eigenvalue weighted by Gasteiger charge is 2.16. The molecule has 0 saturated carbocycles. The first-order chi connectivity index (χ1) is 5.64. The molecule has 12 heavy (non-hydrogen) atoms. The third-order valence-corrected chi connectivity index (χ3v) is 1.83. The molecular weight excluding hydrogens is 150 g/mol. The van der Waals surface area contributed by atoms with Gasteiger partial charge in [0.25, 0.3) is 0 Å². The van der Waals surface area contributed by atoms with Gasteiger partial charge in [0.05, 0.1) is 0 Å². The lowest BCUT2D eigenvalue weighted by Gasteiger charge is -2.20. The lowest BCUT2D eigenvalue weighted by molar-refractivity contribution is 0.159. The molecule has 1 heterocycles. The molecule has 0 amide bonds. The Hall–Kier alpha value is -0.890. The molecular formula is C10H15NO. The summed E-state index contributed by atoms with van der Waals surface area (Å²) in [5, 5.41) is 9.03. The summed E-state index contributed by atoms with van der Waals surface area (Å²) in [6.45, 7) is 4.29. The van der Waals surface area contributed by atoms with E-state index in [-0.39, 0.29) is 12.0 Å². The maximum absolute atomic E-state index is 9.03. The second-order valence-electron chi connectivity index (χ2n) is 3.86. The monoisotopic (exact) mass is 165 g/mol. The van der Waals surface area contributed by atoms with E-state index in [0.717, 1.165) is 6.42 Å². The minimum Gasteiger partial charge on any atom is -0.396 e. The Morgan fingerprint density at radius 3 is 2.75 bits per heavy atom. The zero-order chi connectivity index (χ0) is 9.03. The highest BCUT2D eigenvalue weighted by Crippen LogP contribution is 2.19. The van der Waals surface area contributed by atoms with Gasteiger partial charge in [0.2, 0.25) is 0 Å². The first-order valence-electron chi connectivity index (χ1n) is 4.14. The van der Waals surface area contributed by atoms with Gasteiger partial charge in [-0.05, 0) is 23.5 Å². The topological polar surface area (TPSA) is 33.1 Å². The number of pyridine rings is 1. The van der Waals surface area contributed by atoms with Crippen LogP contribution in [0.25, 0.3) is 0 Å².